The molecule has 2 aromatic heterocycles. The Morgan fingerprint density at radius 2 is 2.07 bits per heavy atom. The molecule has 0 aliphatic carbocycles. The molecule has 1 N–H and O–H groups in total. The fourth-order valence-corrected chi connectivity index (χ4v) is 2.13. The molecule has 0 atom stereocenters. The van der Waals surface area contributed by atoms with Gasteiger partial charge >= 0.3 is 0 Å². The molecule has 2 heterocycles. The Morgan fingerprint density at radius 1 is 1.22 bits per heavy atom. The van der Waals surface area contributed by atoms with E-state index in [1.54, 1.807) is 0 Å². The average molecular weight is 376 g/mol. The van der Waals surface area contributed by atoms with E-state index >= 15 is 0 Å². The maximum Gasteiger partial charge on any atom is 0.266 e. The highest BCUT2D eigenvalue weighted by molar-refractivity contribution is 5.77. The van der Waals surface area contributed by atoms with Gasteiger partial charge in [-0.05, 0) is 18.2 Å². The standard InChI is InChI=1S/C16H14F2N6O3/c17-11-1-2-13(12(18)7-11)27-8-15(25)20-5-6-23-16(26)4-3-14(22-23)24-10-19-9-21-24/h1-4,7,9-10H,5-6,8H2,(H,20,25). The minimum absolute atomic E-state index is 0.0990. The molecule has 3 aromatic rings. The van der Waals surface area contributed by atoms with Crippen LogP contribution in [0.15, 0.2) is 47.8 Å². The topological polar surface area (TPSA) is 104 Å². The van der Waals surface area contributed by atoms with E-state index < -0.39 is 24.1 Å². The Labute approximate surface area is 151 Å². The number of aromatic nitrogens is 5. The molecule has 3 rings (SSSR count). The number of ether oxygens (including phenoxy) is 1. The summed E-state index contributed by atoms with van der Waals surface area (Å²) in [7, 11) is 0. The summed E-state index contributed by atoms with van der Waals surface area (Å²) in [5.41, 5.74) is -0.349. The number of hydrogen-bond donors (Lipinski definition) is 1. The van der Waals surface area contributed by atoms with Gasteiger partial charge in [-0.1, -0.05) is 0 Å². The molecule has 0 bridgehead atoms. The SMILES string of the molecule is O=C(COc1ccc(F)cc1F)NCCn1nc(-n2cncn2)ccc1=O. The fourth-order valence-electron chi connectivity index (χ4n) is 2.13. The van der Waals surface area contributed by atoms with Gasteiger partial charge in [-0.15, -0.1) is 5.10 Å². The number of nitrogens with zero attached hydrogens (tertiary/aromatic N) is 5. The molecule has 0 aliphatic heterocycles. The summed E-state index contributed by atoms with van der Waals surface area (Å²) >= 11 is 0. The van der Waals surface area contributed by atoms with Crippen LogP contribution in [-0.4, -0.2) is 43.6 Å². The molecule has 0 spiro atoms. The molecular weight excluding hydrogens is 362 g/mol. The van der Waals surface area contributed by atoms with Gasteiger partial charge in [-0.3, -0.25) is 9.59 Å². The number of hydrogen-bond acceptors (Lipinski definition) is 6. The van der Waals surface area contributed by atoms with Crippen LogP contribution in [0.25, 0.3) is 5.82 Å². The molecular formula is C16H14F2N6O3. The Balaban J connectivity index is 1.51. The number of amides is 1. The van der Waals surface area contributed by atoms with Crippen molar-refractivity contribution < 1.29 is 18.3 Å². The highest BCUT2D eigenvalue weighted by Gasteiger charge is 2.08. The van der Waals surface area contributed by atoms with E-state index in [9.17, 15) is 18.4 Å². The van der Waals surface area contributed by atoms with Gasteiger partial charge in [-0.25, -0.2) is 23.1 Å². The summed E-state index contributed by atoms with van der Waals surface area (Å²) in [6, 6.07) is 5.60. The normalized spacial score (nSPS) is 10.6. The van der Waals surface area contributed by atoms with Crippen molar-refractivity contribution in [1.29, 1.82) is 0 Å². The van der Waals surface area contributed by atoms with Crippen LogP contribution < -0.4 is 15.6 Å². The first-order valence-electron chi connectivity index (χ1n) is 7.80. The van der Waals surface area contributed by atoms with Crippen molar-refractivity contribution >= 4 is 5.91 Å². The molecule has 0 saturated carbocycles. The van der Waals surface area contributed by atoms with Gasteiger partial charge in [0, 0.05) is 18.7 Å². The quantitative estimate of drug-likeness (QED) is 0.636. The smallest absolute Gasteiger partial charge is 0.266 e. The fraction of sp³-hybridized carbons (Fsp3) is 0.188. The third-order valence-electron chi connectivity index (χ3n) is 3.40. The largest absolute Gasteiger partial charge is 0.481 e. The first kappa shape index (κ1) is 18.2. The zero-order valence-corrected chi connectivity index (χ0v) is 13.9. The minimum atomic E-state index is -0.900. The predicted molar refractivity (Wildman–Crippen MR) is 88.3 cm³/mol. The first-order valence-corrected chi connectivity index (χ1v) is 7.80. The lowest BCUT2D eigenvalue weighted by atomic mass is 10.3. The second kappa shape index (κ2) is 8.17. The van der Waals surface area contributed by atoms with Gasteiger partial charge in [0.2, 0.25) is 0 Å². The van der Waals surface area contributed by atoms with E-state index in [-0.39, 0.29) is 24.4 Å². The van der Waals surface area contributed by atoms with Crippen LogP contribution in [-0.2, 0) is 11.3 Å². The molecule has 0 aliphatic rings. The molecule has 140 valence electrons. The van der Waals surface area contributed by atoms with Gasteiger partial charge in [-0.2, -0.15) is 5.10 Å². The van der Waals surface area contributed by atoms with Crippen LogP contribution in [0.2, 0.25) is 0 Å². The van der Waals surface area contributed by atoms with Crippen LogP contribution in [0.4, 0.5) is 8.78 Å². The van der Waals surface area contributed by atoms with Gasteiger partial charge < -0.3 is 10.1 Å². The van der Waals surface area contributed by atoms with E-state index in [2.05, 4.69) is 20.5 Å². The molecule has 0 unspecified atom stereocenters. The molecule has 27 heavy (non-hydrogen) atoms. The number of rotatable bonds is 7. The Kier molecular flexibility index (Phi) is 5.50. The number of carbonyl (C=O) groups is 1. The average Bonchev–Trinajstić information content (AvgIpc) is 3.17. The second-order valence-corrected chi connectivity index (χ2v) is 5.31. The monoisotopic (exact) mass is 376 g/mol. The zero-order valence-electron chi connectivity index (χ0n) is 13.9. The summed E-state index contributed by atoms with van der Waals surface area (Å²) in [5, 5.41) is 10.6. The van der Waals surface area contributed by atoms with Crippen LogP contribution in [0.5, 0.6) is 5.75 Å². The lowest BCUT2D eigenvalue weighted by Gasteiger charge is -2.09. The Bertz CT molecular complexity index is 990. The minimum Gasteiger partial charge on any atom is -0.481 e. The van der Waals surface area contributed by atoms with Crippen molar-refractivity contribution in [2.45, 2.75) is 6.54 Å². The van der Waals surface area contributed by atoms with E-state index in [4.69, 9.17) is 4.74 Å². The van der Waals surface area contributed by atoms with Crippen LogP contribution >= 0.6 is 0 Å². The van der Waals surface area contributed by atoms with Crippen molar-refractivity contribution in [3.63, 3.8) is 0 Å². The van der Waals surface area contributed by atoms with Gasteiger partial charge in [0.25, 0.3) is 11.5 Å². The first-order chi connectivity index (χ1) is 13.0. The molecule has 9 nitrogen and oxygen atoms in total. The maximum absolute atomic E-state index is 13.4. The molecule has 0 saturated heterocycles. The summed E-state index contributed by atoms with van der Waals surface area (Å²) < 4.78 is 33.8. The lowest BCUT2D eigenvalue weighted by Crippen LogP contribution is -2.34. The second-order valence-electron chi connectivity index (χ2n) is 5.31. The number of nitrogens with one attached hydrogen (secondary N) is 1. The summed E-state index contributed by atoms with van der Waals surface area (Å²) in [6.45, 7) is -0.246. The summed E-state index contributed by atoms with van der Waals surface area (Å²) in [4.78, 5) is 27.4. The van der Waals surface area contributed by atoms with Crippen molar-refractivity contribution in [1.82, 2.24) is 29.9 Å². The van der Waals surface area contributed by atoms with E-state index in [1.807, 2.05) is 0 Å². The molecule has 0 radical (unpaired) electrons. The Hall–Kier alpha value is -3.63. The summed E-state index contributed by atoms with van der Waals surface area (Å²) in [5.74, 6) is -2.00. The maximum atomic E-state index is 13.4. The molecule has 0 fully saturated rings. The molecule has 11 heteroatoms. The number of halogens is 2. The van der Waals surface area contributed by atoms with Crippen molar-refractivity contribution in [2.75, 3.05) is 13.2 Å². The number of benzene rings is 1. The van der Waals surface area contributed by atoms with Crippen LogP contribution in [0.1, 0.15) is 0 Å². The third kappa shape index (κ3) is 4.71. The van der Waals surface area contributed by atoms with Crippen molar-refractivity contribution in [3.05, 3.63) is 65.0 Å². The van der Waals surface area contributed by atoms with Crippen molar-refractivity contribution in [2.24, 2.45) is 0 Å². The number of carbonyl (C=O) groups excluding carboxylic acids is 1. The molecule has 1 amide bonds. The van der Waals surface area contributed by atoms with E-state index in [0.717, 1.165) is 16.8 Å². The zero-order chi connectivity index (χ0) is 19.2. The highest BCUT2D eigenvalue weighted by atomic mass is 19.1. The van der Waals surface area contributed by atoms with E-state index in [1.165, 1.54) is 29.5 Å². The lowest BCUT2D eigenvalue weighted by molar-refractivity contribution is -0.123. The van der Waals surface area contributed by atoms with Crippen LogP contribution in [0.3, 0.4) is 0 Å². The third-order valence-corrected chi connectivity index (χ3v) is 3.40. The summed E-state index contributed by atoms with van der Waals surface area (Å²) in [6.07, 6.45) is 2.77. The van der Waals surface area contributed by atoms with Gasteiger partial charge in [0.1, 0.15) is 18.5 Å². The Morgan fingerprint density at radius 3 is 2.81 bits per heavy atom. The predicted octanol–water partition coefficient (Wildman–Crippen LogP) is 0.297. The van der Waals surface area contributed by atoms with Crippen molar-refractivity contribution in [3.8, 4) is 11.6 Å². The van der Waals surface area contributed by atoms with Gasteiger partial charge in [0.05, 0.1) is 6.54 Å². The van der Waals surface area contributed by atoms with Gasteiger partial charge in [0.15, 0.2) is 24.0 Å². The highest BCUT2D eigenvalue weighted by Crippen LogP contribution is 2.17. The molecule has 1 aromatic carbocycles. The van der Waals surface area contributed by atoms with Crippen LogP contribution in [0, 0.1) is 11.6 Å². The van der Waals surface area contributed by atoms with E-state index in [0.29, 0.717) is 11.9 Å².